The molecule has 1 aromatic heterocycles. The third-order valence-electron chi connectivity index (χ3n) is 8.89. The molecular weight excluding hydrogens is 779 g/mol. The first-order valence-corrected chi connectivity index (χ1v) is 17.8. The molecule has 0 saturated heterocycles. The van der Waals surface area contributed by atoms with E-state index in [0.29, 0.717) is 46.1 Å². The molecule has 1 N–H and O–H groups in total. The van der Waals surface area contributed by atoms with Crippen LogP contribution in [0.1, 0.15) is 66.0 Å². The van der Waals surface area contributed by atoms with Crippen molar-refractivity contribution in [2.24, 2.45) is 0 Å². The van der Waals surface area contributed by atoms with E-state index in [1.165, 1.54) is 31.5 Å². The van der Waals surface area contributed by atoms with Crippen molar-refractivity contribution in [2.45, 2.75) is 64.7 Å². The number of carbonyl (C=O) groups is 1. The number of aromatic nitrogens is 2. The van der Waals surface area contributed by atoms with E-state index in [4.69, 9.17) is 24.1 Å². The standard InChI is InChI=1S/C42H41F6N3O6.Na/c1-26(2)29-12-13-36(54-3)35(17-29)34-20-38(57-25-27-9-6-5-7-10-27)37(55-4)18-30(34)24-51(40-49-21-33(22-50-40)56-14-8-11-39(52)53)23-28-15-31(41(43,44)45)19-32(16-28)42(46,47)48;/h5-7,9-10,12-13,15-22,26H,8,11,14,23-25H2,1-4H3,(H,52,53);/q;+1. The van der Waals surface area contributed by atoms with E-state index in [1.54, 1.807) is 12.1 Å². The molecule has 1 heterocycles. The maximum absolute atomic E-state index is 14.0. The summed E-state index contributed by atoms with van der Waals surface area (Å²) in [5.74, 6) is 0.439. The van der Waals surface area contributed by atoms with E-state index in [0.717, 1.165) is 11.1 Å². The number of alkyl halides is 6. The van der Waals surface area contributed by atoms with Gasteiger partial charge in [-0.3, -0.25) is 4.79 Å². The first-order chi connectivity index (χ1) is 27.0. The number of hydrogen-bond acceptors (Lipinski definition) is 8. The zero-order valence-electron chi connectivity index (χ0n) is 32.6. The second kappa shape index (κ2) is 20.1. The van der Waals surface area contributed by atoms with E-state index in [1.807, 2.05) is 62.4 Å². The van der Waals surface area contributed by atoms with Crippen LogP contribution in [0.2, 0.25) is 0 Å². The Labute approximate surface area is 354 Å². The van der Waals surface area contributed by atoms with Gasteiger partial charge >= 0.3 is 47.9 Å². The van der Waals surface area contributed by atoms with E-state index in [9.17, 15) is 31.1 Å². The Bertz CT molecular complexity index is 2100. The van der Waals surface area contributed by atoms with Crippen molar-refractivity contribution in [3.63, 3.8) is 0 Å². The molecule has 0 amide bonds. The van der Waals surface area contributed by atoms with Crippen molar-refractivity contribution in [1.29, 1.82) is 0 Å². The van der Waals surface area contributed by atoms with Crippen LogP contribution in [0.3, 0.4) is 0 Å². The third-order valence-corrected chi connectivity index (χ3v) is 8.89. The van der Waals surface area contributed by atoms with Crippen LogP contribution in [0.5, 0.6) is 23.0 Å². The van der Waals surface area contributed by atoms with E-state index < -0.39 is 36.0 Å². The Morgan fingerprint density at radius 3 is 1.95 bits per heavy atom. The monoisotopic (exact) mass is 820 g/mol. The molecule has 5 rings (SSSR count). The second-order valence-electron chi connectivity index (χ2n) is 13.4. The normalized spacial score (nSPS) is 11.5. The van der Waals surface area contributed by atoms with E-state index in [-0.39, 0.29) is 91.4 Å². The summed E-state index contributed by atoms with van der Waals surface area (Å²) in [5.41, 5.74) is 0.399. The quantitative estimate of drug-likeness (QED) is 0.0586. The number of ether oxygens (including phenoxy) is 4. The average Bonchev–Trinajstić information content (AvgIpc) is 3.18. The van der Waals surface area contributed by atoms with Crippen LogP contribution in [0.4, 0.5) is 32.3 Å². The molecule has 0 radical (unpaired) electrons. The Balaban J connectivity index is 0.00000744. The van der Waals surface area contributed by atoms with Gasteiger partial charge < -0.3 is 29.0 Å². The van der Waals surface area contributed by atoms with Crippen molar-refractivity contribution in [2.75, 3.05) is 25.7 Å². The minimum Gasteiger partial charge on any atom is -0.496 e. The summed E-state index contributed by atoms with van der Waals surface area (Å²) in [7, 11) is 2.96. The molecule has 302 valence electrons. The summed E-state index contributed by atoms with van der Waals surface area (Å²) < 4.78 is 107. The summed E-state index contributed by atoms with van der Waals surface area (Å²) in [6.45, 7) is 3.66. The number of nitrogens with zero attached hydrogens (tertiary/aromatic N) is 3. The van der Waals surface area contributed by atoms with Crippen molar-refractivity contribution in [1.82, 2.24) is 9.97 Å². The predicted octanol–water partition coefficient (Wildman–Crippen LogP) is 7.36. The Hall–Kier alpha value is -4.99. The van der Waals surface area contributed by atoms with Gasteiger partial charge in [-0.2, -0.15) is 26.3 Å². The van der Waals surface area contributed by atoms with E-state index in [2.05, 4.69) is 9.97 Å². The number of benzene rings is 4. The molecule has 4 aromatic carbocycles. The molecule has 0 spiro atoms. The number of anilines is 1. The maximum atomic E-state index is 14.0. The van der Waals surface area contributed by atoms with Gasteiger partial charge in [0.25, 0.3) is 0 Å². The number of aliphatic carboxylic acids is 1. The van der Waals surface area contributed by atoms with Crippen molar-refractivity contribution in [3.8, 4) is 34.1 Å². The maximum Gasteiger partial charge on any atom is 1.00 e. The van der Waals surface area contributed by atoms with Gasteiger partial charge in [-0.15, -0.1) is 0 Å². The van der Waals surface area contributed by atoms with Gasteiger partial charge in [-0.05, 0) is 82.6 Å². The molecule has 58 heavy (non-hydrogen) atoms. The van der Waals surface area contributed by atoms with Crippen molar-refractivity contribution < 1.29 is 84.7 Å². The van der Waals surface area contributed by atoms with Crippen LogP contribution in [0.25, 0.3) is 11.1 Å². The van der Waals surface area contributed by atoms with Crippen LogP contribution in [0, 0.1) is 0 Å². The van der Waals surface area contributed by atoms with Crippen LogP contribution < -0.4 is 53.4 Å². The fraction of sp³-hybridized carbons (Fsp3) is 0.310. The Kier molecular flexibility index (Phi) is 15.9. The van der Waals surface area contributed by atoms with Gasteiger partial charge in [-0.25, -0.2) is 9.97 Å². The first kappa shape index (κ1) is 45.7. The molecule has 0 fully saturated rings. The molecule has 0 atom stereocenters. The van der Waals surface area contributed by atoms with Crippen LogP contribution in [-0.2, 0) is 36.8 Å². The number of methoxy groups -OCH3 is 2. The van der Waals surface area contributed by atoms with Crippen molar-refractivity contribution >= 4 is 11.9 Å². The fourth-order valence-electron chi connectivity index (χ4n) is 5.98. The van der Waals surface area contributed by atoms with Crippen LogP contribution in [0.15, 0.2) is 91.3 Å². The van der Waals surface area contributed by atoms with Gasteiger partial charge in [0.05, 0.1) is 44.3 Å². The van der Waals surface area contributed by atoms with Crippen LogP contribution >= 0.6 is 0 Å². The minimum absolute atomic E-state index is 0. The summed E-state index contributed by atoms with van der Waals surface area (Å²) in [6, 6.07) is 20.0. The molecule has 0 saturated carbocycles. The Morgan fingerprint density at radius 1 is 0.741 bits per heavy atom. The molecule has 16 heteroatoms. The second-order valence-corrected chi connectivity index (χ2v) is 13.4. The topological polar surface area (TPSA) is 103 Å². The average molecular weight is 821 g/mol. The van der Waals surface area contributed by atoms with Gasteiger partial charge in [0.1, 0.15) is 12.4 Å². The fourth-order valence-corrected chi connectivity index (χ4v) is 5.98. The molecular formula is C42H41F6N3NaO6+. The molecule has 5 aromatic rings. The molecule has 0 bridgehead atoms. The summed E-state index contributed by atoms with van der Waals surface area (Å²) in [6.07, 6.45) is -7.47. The van der Waals surface area contributed by atoms with Gasteiger partial charge in [-0.1, -0.05) is 50.2 Å². The number of hydrogen-bond donors (Lipinski definition) is 1. The Morgan fingerprint density at radius 2 is 1.38 bits per heavy atom. The minimum atomic E-state index is -5.06. The molecule has 0 aliphatic carbocycles. The summed E-state index contributed by atoms with van der Waals surface area (Å²) >= 11 is 0. The van der Waals surface area contributed by atoms with Gasteiger partial charge in [0, 0.05) is 25.1 Å². The molecule has 0 unspecified atom stereocenters. The number of carboxylic acid groups (broad SMARTS) is 1. The first-order valence-electron chi connectivity index (χ1n) is 17.8. The summed E-state index contributed by atoms with van der Waals surface area (Å²) in [5, 5.41) is 8.92. The predicted molar refractivity (Wildman–Crippen MR) is 201 cm³/mol. The number of halogens is 6. The largest absolute Gasteiger partial charge is 1.00 e. The zero-order valence-corrected chi connectivity index (χ0v) is 34.6. The smallest absolute Gasteiger partial charge is 0.496 e. The zero-order chi connectivity index (χ0) is 41.3. The van der Waals surface area contributed by atoms with Crippen LogP contribution in [-0.4, -0.2) is 41.9 Å². The number of rotatable bonds is 17. The van der Waals surface area contributed by atoms with Gasteiger partial charge in [0.15, 0.2) is 17.2 Å². The third kappa shape index (κ3) is 12.3. The molecule has 0 aliphatic rings. The summed E-state index contributed by atoms with van der Waals surface area (Å²) in [4.78, 5) is 21.1. The van der Waals surface area contributed by atoms with E-state index >= 15 is 0 Å². The van der Waals surface area contributed by atoms with Gasteiger partial charge in [0.2, 0.25) is 5.95 Å². The SMILES string of the molecule is COc1cc(CN(Cc2cc(C(F)(F)F)cc(C(F)(F)F)c2)c2ncc(OCCCC(=O)O)cn2)c(-c2cc(C(C)C)ccc2OC)cc1OCc1ccccc1.[Na+]. The molecule has 9 nitrogen and oxygen atoms in total. The van der Waals surface area contributed by atoms with Crippen molar-refractivity contribution in [3.05, 3.63) is 125 Å². The number of carboxylic acids is 1. The molecule has 0 aliphatic heterocycles.